The van der Waals surface area contributed by atoms with Crippen LogP contribution in [0.1, 0.15) is 26.3 Å². The van der Waals surface area contributed by atoms with Crippen LogP contribution in [-0.2, 0) is 21.2 Å². The summed E-state index contributed by atoms with van der Waals surface area (Å²) in [5.41, 5.74) is 0.377. The Labute approximate surface area is 163 Å². The molecule has 0 unspecified atom stereocenters. The molecular formula is C18H22N2O5S2. The van der Waals surface area contributed by atoms with Crippen LogP contribution in [0.4, 0.5) is 0 Å². The summed E-state index contributed by atoms with van der Waals surface area (Å²) in [4.78, 5) is 18.7. The van der Waals surface area contributed by atoms with Gasteiger partial charge in [0, 0.05) is 17.2 Å². The molecule has 0 saturated carbocycles. The molecular weight excluding hydrogens is 388 g/mol. The number of amides is 1. The number of hydrogen-bond acceptors (Lipinski definition) is 6. The number of carbonyl (C=O) groups excluding carboxylic acids is 1. The van der Waals surface area contributed by atoms with Crippen molar-refractivity contribution in [1.29, 1.82) is 0 Å². The molecule has 2 fully saturated rings. The Kier molecular flexibility index (Phi) is 4.42. The molecule has 146 valence electrons. The van der Waals surface area contributed by atoms with Crippen LogP contribution in [0.15, 0.2) is 23.2 Å². The highest BCUT2D eigenvalue weighted by Gasteiger charge is 2.49. The predicted octanol–water partition coefficient (Wildman–Crippen LogP) is 2.06. The maximum atomic E-state index is 12.4. The number of rotatable bonds is 2. The van der Waals surface area contributed by atoms with Crippen molar-refractivity contribution in [2.45, 2.75) is 38.6 Å². The lowest BCUT2D eigenvalue weighted by Crippen LogP contribution is -2.37. The van der Waals surface area contributed by atoms with Crippen molar-refractivity contribution < 1.29 is 22.7 Å². The minimum Gasteiger partial charge on any atom is -0.454 e. The number of benzene rings is 1. The van der Waals surface area contributed by atoms with E-state index in [2.05, 4.69) is 4.99 Å². The largest absolute Gasteiger partial charge is 0.454 e. The Hall–Kier alpha value is -1.74. The first kappa shape index (κ1) is 18.6. The molecule has 1 amide bonds. The van der Waals surface area contributed by atoms with Gasteiger partial charge in [0.05, 0.1) is 17.5 Å². The SMILES string of the molecule is CC(C)(C)C(=O)N=C1S[C@H]2CS(=O)(=O)C[C@H]2N1Cc1ccc2c(c1)OCO2. The molecule has 3 aliphatic heterocycles. The monoisotopic (exact) mass is 410 g/mol. The van der Waals surface area contributed by atoms with Gasteiger partial charge in [-0.3, -0.25) is 4.79 Å². The summed E-state index contributed by atoms with van der Waals surface area (Å²) in [6, 6.07) is 5.50. The highest BCUT2D eigenvalue weighted by atomic mass is 32.2. The molecule has 0 aliphatic carbocycles. The highest BCUT2D eigenvalue weighted by molar-refractivity contribution is 8.15. The number of fused-ring (bicyclic) bond motifs is 2. The van der Waals surface area contributed by atoms with Gasteiger partial charge in [-0.2, -0.15) is 4.99 Å². The van der Waals surface area contributed by atoms with Crippen molar-refractivity contribution in [3.05, 3.63) is 23.8 Å². The average molecular weight is 411 g/mol. The van der Waals surface area contributed by atoms with Crippen LogP contribution in [-0.4, -0.2) is 54.0 Å². The minimum atomic E-state index is -3.07. The third-order valence-corrected chi connectivity index (χ3v) is 8.05. The van der Waals surface area contributed by atoms with Gasteiger partial charge in [0.25, 0.3) is 5.91 Å². The molecule has 7 nitrogen and oxygen atoms in total. The highest BCUT2D eigenvalue weighted by Crippen LogP contribution is 2.40. The zero-order valence-corrected chi connectivity index (χ0v) is 17.1. The van der Waals surface area contributed by atoms with E-state index in [9.17, 15) is 13.2 Å². The molecule has 1 aromatic rings. The summed E-state index contributed by atoms with van der Waals surface area (Å²) in [5, 5.41) is 0.521. The fourth-order valence-electron chi connectivity index (χ4n) is 3.31. The molecule has 0 radical (unpaired) electrons. The summed E-state index contributed by atoms with van der Waals surface area (Å²) < 4.78 is 35.0. The molecule has 4 rings (SSSR count). The van der Waals surface area contributed by atoms with Crippen LogP contribution in [0.3, 0.4) is 0 Å². The first-order valence-corrected chi connectivity index (χ1v) is 11.5. The zero-order chi connectivity index (χ0) is 19.4. The molecule has 3 aliphatic rings. The Morgan fingerprint density at radius 2 is 2.00 bits per heavy atom. The van der Waals surface area contributed by atoms with Crippen molar-refractivity contribution in [2.24, 2.45) is 10.4 Å². The summed E-state index contributed by atoms with van der Waals surface area (Å²) in [7, 11) is -3.07. The summed E-state index contributed by atoms with van der Waals surface area (Å²) in [5.74, 6) is 1.40. The number of carbonyl (C=O) groups is 1. The van der Waals surface area contributed by atoms with Gasteiger partial charge in [0.2, 0.25) is 6.79 Å². The number of aliphatic imine (C=N–C) groups is 1. The van der Waals surface area contributed by atoms with Gasteiger partial charge in [-0.25, -0.2) is 8.42 Å². The van der Waals surface area contributed by atoms with E-state index in [1.165, 1.54) is 11.8 Å². The Balaban J connectivity index is 1.64. The second-order valence-corrected chi connectivity index (χ2v) is 11.4. The molecule has 0 bridgehead atoms. The molecule has 3 heterocycles. The van der Waals surface area contributed by atoms with E-state index in [0.29, 0.717) is 23.2 Å². The number of sulfone groups is 1. The minimum absolute atomic E-state index is 0.0875. The van der Waals surface area contributed by atoms with E-state index >= 15 is 0 Å². The standard InChI is InChI=1S/C18H22N2O5S2/c1-18(2,3)16(21)19-17-20(12-8-27(22,23)9-15(12)26-17)7-11-4-5-13-14(6-11)25-10-24-13/h4-6,12,15H,7-10H2,1-3H3/t12-,15+/m1/s1. The van der Waals surface area contributed by atoms with Gasteiger partial charge in [0.1, 0.15) is 0 Å². The third kappa shape index (κ3) is 3.67. The summed E-state index contributed by atoms with van der Waals surface area (Å²) in [6.45, 7) is 6.15. The quantitative estimate of drug-likeness (QED) is 0.738. The van der Waals surface area contributed by atoms with E-state index in [1.807, 2.05) is 43.9 Å². The van der Waals surface area contributed by atoms with E-state index < -0.39 is 15.3 Å². The fourth-order valence-corrected chi connectivity index (χ4v) is 7.26. The van der Waals surface area contributed by atoms with Crippen LogP contribution in [0.2, 0.25) is 0 Å². The van der Waals surface area contributed by atoms with Crippen molar-refractivity contribution in [1.82, 2.24) is 4.90 Å². The van der Waals surface area contributed by atoms with Gasteiger partial charge in [-0.15, -0.1) is 0 Å². The number of ether oxygens (including phenoxy) is 2. The Bertz CT molecular complexity index is 920. The van der Waals surface area contributed by atoms with Gasteiger partial charge < -0.3 is 14.4 Å². The lowest BCUT2D eigenvalue weighted by atomic mass is 9.96. The summed E-state index contributed by atoms with van der Waals surface area (Å²) in [6.07, 6.45) is 0. The van der Waals surface area contributed by atoms with Gasteiger partial charge in [-0.1, -0.05) is 38.6 Å². The van der Waals surface area contributed by atoms with Crippen LogP contribution < -0.4 is 9.47 Å². The van der Waals surface area contributed by atoms with E-state index in [-0.39, 0.29) is 35.5 Å². The maximum Gasteiger partial charge on any atom is 0.253 e. The van der Waals surface area contributed by atoms with Gasteiger partial charge in [-0.05, 0) is 17.7 Å². The topological polar surface area (TPSA) is 85.3 Å². The normalized spacial score (nSPS) is 27.2. The van der Waals surface area contributed by atoms with Crippen LogP contribution in [0, 0.1) is 5.41 Å². The molecule has 0 aromatic heterocycles. The van der Waals surface area contributed by atoms with Crippen LogP contribution in [0.5, 0.6) is 11.5 Å². The van der Waals surface area contributed by atoms with E-state index in [1.54, 1.807) is 0 Å². The van der Waals surface area contributed by atoms with Gasteiger partial charge >= 0.3 is 0 Å². The van der Waals surface area contributed by atoms with Crippen molar-refractivity contribution in [2.75, 3.05) is 18.3 Å². The average Bonchev–Trinajstić information content (AvgIpc) is 3.20. The molecule has 2 atom stereocenters. The molecule has 1 aromatic carbocycles. The van der Waals surface area contributed by atoms with E-state index in [4.69, 9.17) is 9.47 Å². The maximum absolute atomic E-state index is 12.4. The first-order chi connectivity index (χ1) is 12.6. The second-order valence-electron chi connectivity index (χ2n) is 8.07. The smallest absolute Gasteiger partial charge is 0.253 e. The lowest BCUT2D eigenvalue weighted by molar-refractivity contribution is -0.124. The number of hydrogen-bond donors (Lipinski definition) is 0. The van der Waals surface area contributed by atoms with Gasteiger partial charge in [0.15, 0.2) is 26.5 Å². The number of amidine groups is 1. The van der Waals surface area contributed by atoms with Crippen molar-refractivity contribution >= 4 is 32.7 Å². The molecule has 0 N–H and O–H groups in total. The number of nitrogens with zero attached hydrogens (tertiary/aromatic N) is 2. The van der Waals surface area contributed by atoms with Crippen LogP contribution >= 0.6 is 11.8 Å². The fraction of sp³-hybridized carbons (Fsp3) is 0.556. The predicted molar refractivity (Wildman–Crippen MR) is 104 cm³/mol. The van der Waals surface area contributed by atoms with E-state index in [0.717, 1.165) is 5.56 Å². The molecule has 0 spiro atoms. The lowest BCUT2D eigenvalue weighted by Gasteiger charge is -2.25. The third-order valence-electron chi connectivity index (χ3n) is 4.80. The molecule has 27 heavy (non-hydrogen) atoms. The summed E-state index contributed by atoms with van der Waals surface area (Å²) >= 11 is 1.40. The zero-order valence-electron chi connectivity index (χ0n) is 15.5. The van der Waals surface area contributed by atoms with Crippen LogP contribution in [0.25, 0.3) is 0 Å². The molecule has 2 saturated heterocycles. The Morgan fingerprint density at radius 3 is 2.74 bits per heavy atom. The van der Waals surface area contributed by atoms with Crippen molar-refractivity contribution in [3.63, 3.8) is 0 Å². The molecule has 9 heteroatoms. The number of thioether (sulfide) groups is 1. The first-order valence-electron chi connectivity index (χ1n) is 8.78. The van der Waals surface area contributed by atoms with Crippen molar-refractivity contribution in [3.8, 4) is 11.5 Å². The Morgan fingerprint density at radius 1 is 1.26 bits per heavy atom. The second kappa shape index (κ2) is 6.41.